The highest BCUT2D eigenvalue weighted by atomic mass is 19.1. The van der Waals surface area contributed by atoms with Crippen molar-refractivity contribution in [2.75, 3.05) is 12.3 Å². The van der Waals surface area contributed by atoms with Crippen LogP contribution in [0.25, 0.3) is 22.8 Å². The SMILES string of the molecule is CC(C)(CNC(=O)Cn1c(-c2ccc(F)cc2)ncc(N)c1=O)C(=O)c1nnc(-c2cccnc2)o1. The maximum Gasteiger partial charge on any atom is 0.284 e. The Morgan fingerprint density at radius 3 is 2.56 bits per heavy atom. The molecule has 12 heteroatoms. The Balaban J connectivity index is 1.47. The lowest BCUT2D eigenvalue weighted by Crippen LogP contribution is -2.41. The van der Waals surface area contributed by atoms with E-state index in [-0.39, 0.29) is 29.8 Å². The van der Waals surface area contributed by atoms with Crippen LogP contribution in [0.3, 0.4) is 0 Å². The number of amides is 1. The van der Waals surface area contributed by atoms with Crippen molar-refractivity contribution in [3.63, 3.8) is 0 Å². The van der Waals surface area contributed by atoms with Gasteiger partial charge in [0.2, 0.25) is 17.6 Å². The minimum Gasteiger partial charge on any atom is -0.413 e. The van der Waals surface area contributed by atoms with Gasteiger partial charge in [0.1, 0.15) is 23.9 Å². The summed E-state index contributed by atoms with van der Waals surface area (Å²) in [6.45, 7) is 2.73. The number of carbonyl (C=O) groups excluding carboxylic acids is 2. The number of ketones is 1. The molecule has 0 saturated carbocycles. The normalized spacial score (nSPS) is 11.3. The first-order valence-electron chi connectivity index (χ1n) is 10.8. The van der Waals surface area contributed by atoms with Crippen LogP contribution in [-0.2, 0) is 11.3 Å². The number of nitrogens with one attached hydrogen (secondary N) is 1. The van der Waals surface area contributed by atoms with Crippen LogP contribution in [0, 0.1) is 11.2 Å². The summed E-state index contributed by atoms with van der Waals surface area (Å²) in [5.41, 5.74) is 4.82. The van der Waals surface area contributed by atoms with Gasteiger partial charge in [-0.15, -0.1) is 10.2 Å². The molecule has 11 nitrogen and oxygen atoms in total. The van der Waals surface area contributed by atoms with Gasteiger partial charge < -0.3 is 15.5 Å². The van der Waals surface area contributed by atoms with Crippen LogP contribution < -0.4 is 16.6 Å². The number of anilines is 1. The first-order chi connectivity index (χ1) is 17.2. The summed E-state index contributed by atoms with van der Waals surface area (Å²) in [6.07, 6.45) is 4.30. The lowest BCUT2D eigenvalue weighted by Gasteiger charge is -2.22. The Morgan fingerprint density at radius 2 is 1.86 bits per heavy atom. The predicted octanol–water partition coefficient (Wildman–Crippen LogP) is 2.10. The molecule has 3 heterocycles. The zero-order chi connectivity index (χ0) is 25.9. The van der Waals surface area contributed by atoms with E-state index in [1.165, 1.54) is 36.7 Å². The minimum absolute atomic E-state index is 0.0777. The number of halogens is 1. The van der Waals surface area contributed by atoms with Crippen molar-refractivity contribution in [2.45, 2.75) is 20.4 Å². The van der Waals surface area contributed by atoms with Crippen molar-refractivity contribution < 1.29 is 18.4 Å². The first kappa shape index (κ1) is 24.4. The Hall–Kier alpha value is -4.74. The molecule has 0 aliphatic carbocycles. The van der Waals surface area contributed by atoms with E-state index in [0.717, 1.165) is 4.57 Å². The number of nitrogen functional groups attached to an aromatic ring is 1. The van der Waals surface area contributed by atoms with Crippen molar-refractivity contribution >= 4 is 17.4 Å². The zero-order valence-electron chi connectivity index (χ0n) is 19.4. The fraction of sp³-hybridized carbons (Fsp3) is 0.208. The van der Waals surface area contributed by atoms with Crippen LogP contribution in [0.1, 0.15) is 24.5 Å². The molecule has 36 heavy (non-hydrogen) atoms. The van der Waals surface area contributed by atoms with E-state index in [1.54, 1.807) is 32.2 Å². The van der Waals surface area contributed by atoms with E-state index < -0.39 is 35.0 Å². The van der Waals surface area contributed by atoms with Gasteiger partial charge in [0.15, 0.2) is 0 Å². The number of rotatable bonds is 8. The van der Waals surface area contributed by atoms with E-state index in [1.807, 2.05) is 0 Å². The molecule has 0 radical (unpaired) electrons. The average Bonchev–Trinajstić information content (AvgIpc) is 3.37. The second-order valence-electron chi connectivity index (χ2n) is 8.58. The van der Waals surface area contributed by atoms with Crippen molar-refractivity contribution in [3.8, 4) is 22.8 Å². The molecule has 3 N–H and O–H groups in total. The molecule has 4 aromatic rings. The quantitative estimate of drug-likeness (QED) is 0.352. The number of aromatic nitrogens is 5. The largest absolute Gasteiger partial charge is 0.413 e. The highest BCUT2D eigenvalue weighted by Gasteiger charge is 2.33. The summed E-state index contributed by atoms with van der Waals surface area (Å²) in [5, 5.41) is 10.4. The van der Waals surface area contributed by atoms with Crippen molar-refractivity contribution in [1.29, 1.82) is 0 Å². The third-order valence-corrected chi connectivity index (χ3v) is 5.35. The maximum absolute atomic E-state index is 13.3. The fourth-order valence-corrected chi connectivity index (χ4v) is 3.29. The van der Waals surface area contributed by atoms with Crippen LogP contribution in [0.5, 0.6) is 0 Å². The number of hydrogen-bond acceptors (Lipinski definition) is 9. The molecule has 0 spiro atoms. The predicted molar refractivity (Wildman–Crippen MR) is 127 cm³/mol. The summed E-state index contributed by atoms with van der Waals surface area (Å²) >= 11 is 0. The third-order valence-electron chi connectivity index (χ3n) is 5.35. The lowest BCUT2D eigenvalue weighted by atomic mass is 9.88. The van der Waals surface area contributed by atoms with Gasteiger partial charge in [-0.05, 0) is 36.4 Å². The molecular formula is C24H22FN7O4. The number of pyridine rings is 1. The second-order valence-corrected chi connectivity index (χ2v) is 8.58. The number of nitrogens with two attached hydrogens (primary N) is 1. The minimum atomic E-state index is -1.10. The molecule has 0 saturated heterocycles. The van der Waals surface area contributed by atoms with Gasteiger partial charge in [0.25, 0.3) is 11.4 Å². The lowest BCUT2D eigenvalue weighted by molar-refractivity contribution is -0.122. The molecule has 0 fully saturated rings. The first-order valence-corrected chi connectivity index (χ1v) is 10.8. The highest BCUT2D eigenvalue weighted by Crippen LogP contribution is 2.23. The van der Waals surface area contributed by atoms with Gasteiger partial charge in [-0.1, -0.05) is 13.8 Å². The van der Waals surface area contributed by atoms with Crippen LogP contribution >= 0.6 is 0 Å². The summed E-state index contributed by atoms with van der Waals surface area (Å²) in [5.74, 6) is -1.40. The molecule has 1 aromatic carbocycles. The fourth-order valence-electron chi connectivity index (χ4n) is 3.29. The third kappa shape index (κ3) is 5.17. The summed E-state index contributed by atoms with van der Waals surface area (Å²) < 4.78 is 19.9. The monoisotopic (exact) mass is 491 g/mol. The molecule has 0 atom stereocenters. The topological polar surface area (TPSA) is 159 Å². The van der Waals surface area contributed by atoms with Gasteiger partial charge in [-0.3, -0.25) is 23.9 Å². The van der Waals surface area contributed by atoms with Crippen molar-refractivity contribution in [3.05, 3.63) is 77.1 Å². The molecule has 4 rings (SSSR count). The van der Waals surface area contributed by atoms with Gasteiger partial charge in [0, 0.05) is 24.5 Å². The average molecular weight is 491 g/mol. The molecule has 0 bridgehead atoms. The molecular weight excluding hydrogens is 469 g/mol. The maximum atomic E-state index is 13.3. The van der Waals surface area contributed by atoms with E-state index in [0.29, 0.717) is 11.1 Å². The van der Waals surface area contributed by atoms with Crippen LogP contribution in [-0.4, -0.2) is 43.0 Å². The molecule has 1 amide bonds. The Labute approximate surface area is 204 Å². The van der Waals surface area contributed by atoms with E-state index in [9.17, 15) is 18.8 Å². The van der Waals surface area contributed by atoms with Gasteiger partial charge in [0.05, 0.1) is 17.2 Å². The van der Waals surface area contributed by atoms with Crippen LogP contribution in [0.2, 0.25) is 0 Å². The highest BCUT2D eigenvalue weighted by molar-refractivity contribution is 5.96. The Bertz CT molecular complexity index is 1460. The van der Waals surface area contributed by atoms with E-state index in [2.05, 4.69) is 25.5 Å². The van der Waals surface area contributed by atoms with E-state index >= 15 is 0 Å². The smallest absolute Gasteiger partial charge is 0.284 e. The summed E-state index contributed by atoms with van der Waals surface area (Å²) in [4.78, 5) is 46.5. The van der Waals surface area contributed by atoms with Gasteiger partial charge in [-0.25, -0.2) is 9.37 Å². The standard InChI is InChI=1S/C24H22FN7O4/c1-24(2,19(34)22-31-30-21(36-22)15-4-3-9-27-10-15)13-29-18(33)12-32-20(28-11-17(26)23(32)35)14-5-7-16(25)8-6-14/h3-11H,12-13,26H2,1-2H3,(H,29,33). The number of hydrogen-bond donors (Lipinski definition) is 2. The second kappa shape index (κ2) is 9.86. The van der Waals surface area contributed by atoms with Gasteiger partial charge in [-0.2, -0.15) is 0 Å². The molecule has 184 valence electrons. The number of nitrogens with zero attached hydrogens (tertiary/aromatic N) is 5. The number of Topliss-reactive ketones (excluding diaryl/α,β-unsaturated/α-hetero) is 1. The number of carbonyl (C=O) groups is 2. The molecule has 0 aliphatic rings. The zero-order valence-corrected chi connectivity index (χ0v) is 19.4. The summed E-state index contributed by atoms with van der Waals surface area (Å²) in [6, 6.07) is 8.72. The molecule has 3 aromatic heterocycles. The van der Waals surface area contributed by atoms with E-state index in [4.69, 9.17) is 10.2 Å². The van der Waals surface area contributed by atoms with Gasteiger partial charge >= 0.3 is 0 Å². The summed E-state index contributed by atoms with van der Waals surface area (Å²) in [7, 11) is 0. The Morgan fingerprint density at radius 1 is 1.11 bits per heavy atom. The van der Waals surface area contributed by atoms with Crippen molar-refractivity contribution in [2.24, 2.45) is 5.41 Å². The van der Waals surface area contributed by atoms with Crippen LogP contribution in [0.15, 0.2) is 64.2 Å². The Kier molecular flexibility index (Phi) is 6.68. The molecule has 0 unspecified atom stereocenters. The van der Waals surface area contributed by atoms with Crippen LogP contribution in [0.4, 0.5) is 10.1 Å². The van der Waals surface area contributed by atoms with Crippen molar-refractivity contribution in [1.82, 2.24) is 30.0 Å². The number of benzene rings is 1. The molecule has 0 aliphatic heterocycles.